The van der Waals surface area contributed by atoms with Crippen LogP contribution in [-0.2, 0) is 9.53 Å². The van der Waals surface area contributed by atoms with E-state index in [1.165, 1.54) is 17.4 Å². The Labute approximate surface area is 182 Å². The third-order valence-electron chi connectivity index (χ3n) is 3.86. The molecule has 0 bridgehead atoms. The lowest BCUT2D eigenvalue weighted by Gasteiger charge is -2.10. The van der Waals surface area contributed by atoms with Crippen molar-refractivity contribution in [2.75, 3.05) is 18.5 Å². The fraction of sp³-hybridized carbons (Fsp3) is 0.143. The molecule has 0 spiro atoms. The van der Waals surface area contributed by atoms with Gasteiger partial charge in [-0.3, -0.25) is 4.79 Å². The van der Waals surface area contributed by atoms with E-state index in [-0.39, 0.29) is 13.2 Å². The Balaban J connectivity index is 1.78. The first-order valence-corrected chi connectivity index (χ1v) is 10.3. The highest BCUT2D eigenvalue weighted by Gasteiger charge is 2.23. The maximum atomic E-state index is 12.5. The Morgan fingerprint density at radius 2 is 1.86 bits per heavy atom. The van der Waals surface area contributed by atoms with Crippen LogP contribution in [0, 0.1) is 0 Å². The second-order valence-electron chi connectivity index (χ2n) is 5.85. The van der Waals surface area contributed by atoms with Gasteiger partial charge in [0.25, 0.3) is 5.91 Å². The van der Waals surface area contributed by atoms with Crippen LogP contribution in [0.1, 0.15) is 17.3 Å². The van der Waals surface area contributed by atoms with E-state index in [1.54, 1.807) is 19.1 Å². The highest BCUT2D eigenvalue weighted by Crippen LogP contribution is 2.36. The van der Waals surface area contributed by atoms with Crippen LogP contribution in [0.2, 0.25) is 10.0 Å². The molecule has 1 N–H and O–H groups in total. The predicted molar refractivity (Wildman–Crippen MR) is 116 cm³/mol. The summed E-state index contributed by atoms with van der Waals surface area (Å²) >= 11 is 13.1. The van der Waals surface area contributed by atoms with Gasteiger partial charge in [-0.05, 0) is 30.7 Å². The van der Waals surface area contributed by atoms with Crippen molar-refractivity contribution in [3.8, 4) is 16.9 Å². The van der Waals surface area contributed by atoms with E-state index >= 15 is 0 Å². The minimum atomic E-state index is -0.496. The number of hydrogen-bond acceptors (Lipinski definition) is 5. The second-order valence-corrected chi connectivity index (χ2v) is 7.57. The van der Waals surface area contributed by atoms with Gasteiger partial charge >= 0.3 is 5.97 Å². The highest BCUT2D eigenvalue weighted by molar-refractivity contribution is 7.15. The molecule has 1 heterocycles. The first-order valence-electron chi connectivity index (χ1n) is 8.71. The number of benzene rings is 2. The number of amides is 1. The fourth-order valence-electron chi connectivity index (χ4n) is 2.58. The lowest BCUT2D eigenvalue weighted by Crippen LogP contribution is -2.21. The van der Waals surface area contributed by atoms with Crippen molar-refractivity contribution in [1.29, 1.82) is 0 Å². The number of carbonyl (C=O) groups excluding carboxylic acids is 2. The normalized spacial score (nSPS) is 10.4. The Morgan fingerprint density at radius 1 is 1.10 bits per heavy atom. The number of carbonyl (C=O) groups is 2. The largest absolute Gasteiger partial charge is 0.482 e. The van der Waals surface area contributed by atoms with E-state index in [2.05, 4.69) is 5.32 Å². The van der Waals surface area contributed by atoms with E-state index in [0.717, 1.165) is 5.56 Å². The Kier molecular flexibility index (Phi) is 7.14. The number of halogens is 2. The van der Waals surface area contributed by atoms with Crippen molar-refractivity contribution in [2.24, 2.45) is 0 Å². The van der Waals surface area contributed by atoms with Crippen LogP contribution in [0.4, 0.5) is 5.00 Å². The SMILES string of the molecule is CCOC(=O)c1c(-c2ccccc2)csc1NC(=O)COc1ccc(Cl)cc1Cl. The summed E-state index contributed by atoms with van der Waals surface area (Å²) in [7, 11) is 0. The molecule has 0 saturated carbocycles. The van der Waals surface area contributed by atoms with Crippen LogP contribution < -0.4 is 10.1 Å². The summed E-state index contributed by atoms with van der Waals surface area (Å²) in [6.07, 6.45) is 0. The zero-order chi connectivity index (χ0) is 20.8. The first-order chi connectivity index (χ1) is 14.0. The van der Waals surface area contributed by atoms with Crippen LogP contribution >= 0.6 is 34.5 Å². The average Bonchev–Trinajstić information content (AvgIpc) is 3.11. The number of ether oxygens (including phenoxy) is 2. The minimum absolute atomic E-state index is 0.231. The van der Waals surface area contributed by atoms with E-state index in [9.17, 15) is 9.59 Å². The molecule has 8 heteroatoms. The van der Waals surface area contributed by atoms with Crippen LogP contribution in [0.3, 0.4) is 0 Å². The zero-order valence-electron chi connectivity index (χ0n) is 15.4. The summed E-state index contributed by atoms with van der Waals surface area (Å²) in [6, 6.07) is 14.2. The van der Waals surface area contributed by atoms with Crippen LogP contribution in [0.5, 0.6) is 5.75 Å². The molecule has 3 aromatic rings. The van der Waals surface area contributed by atoms with Gasteiger partial charge in [-0.1, -0.05) is 53.5 Å². The number of rotatable bonds is 7. The highest BCUT2D eigenvalue weighted by atomic mass is 35.5. The van der Waals surface area contributed by atoms with E-state index < -0.39 is 11.9 Å². The molecule has 3 rings (SSSR count). The Hall–Kier alpha value is -2.54. The summed E-state index contributed by atoms with van der Waals surface area (Å²) in [4.78, 5) is 24.9. The number of thiophene rings is 1. The maximum absolute atomic E-state index is 12.5. The van der Waals surface area contributed by atoms with Gasteiger partial charge in [0, 0.05) is 16.0 Å². The summed E-state index contributed by atoms with van der Waals surface area (Å²) in [6.45, 7) is 1.69. The summed E-state index contributed by atoms with van der Waals surface area (Å²) in [5.41, 5.74) is 1.88. The predicted octanol–water partition coefficient (Wildman–Crippen LogP) is 5.92. The summed E-state index contributed by atoms with van der Waals surface area (Å²) in [5.74, 6) is -0.583. The number of hydrogen-bond donors (Lipinski definition) is 1. The van der Waals surface area contributed by atoms with Gasteiger partial charge in [0.2, 0.25) is 0 Å². The summed E-state index contributed by atoms with van der Waals surface area (Å²) in [5, 5.41) is 5.72. The molecule has 0 atom stereocenters. The molecular weight excluding hydrogens is 433 g/mol. The number of nitrogens with one attached hydrogen (secondary N) is 1. The van der Waals surface area contributed by atoms with Gasteiger partial charge in [0.15, 0.2) is 6.61 Å². The molecule has 0 aliphatic heterocycles. The zero-order valence-corrected chi connectivity index (χ0v) is 17.7. The van der Waals surface area contributed by atoms with Crippen LogP contribution in [-0.4, -0.2) is 25.1 Å². The van der Waals surface area contributed by atoms with Gasteiger partial charge in [0.05, 0.1) is 11.6 Å². The monoisotopic (exact) mass is 449 g/mol. The molecule has 150 valence electrons. The van der Waals surface area contributed by atoms with E-state index in [1.807, 2.05) is 35.7 Å². The van der Waals surface area contributed by atoms with Crippen LogP contribution in [0.25, 0.3) is 11.1 Å². The molecular formula is C21H17Cl2NO4S. The molecule has 5 nitrogen and oxygen atoms in total. The molecule has 0 saturated heterocycles. The van der Waals surface area contributed by atoms with Gasteiger partial charge in [-0.2, -0.15) is 0 Å². The van der Waals surface area contributed by atoms with E-state index in [0.29, 0.717) is 31.9 Å². The van der Waals surface area contributed by atoms with Crippen molar-refractivity contribution in [3.05, 3.63) is 69.5 Å². The average molecular weight is 450 g/mol. The van der Waals surface area contributed by atoms with Crippen molar-refractivity contribution in [3.63, 3.8) is 0 Å². The number of esters is 1. The molecule has 0 radical (unpaired) electrons. The maximum Gasteiger partial charge on any atom is 0.341 e. The molecule has 1 aromatic heterocycles. The van der Waals surface area contributed by atoms with Gasteiger partial charge < -0.3 is 14.8 Å². The number of anilines is 1. The molecule has 0 aliphatic carbocycles. The quantitative estimate of drug-likeness (QED) is 0.454. The third-order valence-corrected chi connectivity index (χ3v) is 5.29. The summed E-state index contributed by atoms with van der Waals surface area (Å²) < 4.78 is 10.6. The smallest absolute Gasteiger partial charge is 0.341 e. The second kappa shape index (κ2) is 9.78. The topological polar surface area (TPSA) is 64.6 Å². The van der Waals surface area contributed by atoms with Crippen molar-refractivity contribution in [1.82, 2.24) is 0 Å². The standard InChI is InChI=1S/C21H17Cl2NO4S/c1-2-27-21(26)19-15(13-6-4-3-5-7-13)12-29-20(19)24-18(25)11-28-17-9-8-14(22)10-16(17)23/h3-10,12H,2,11H2,1H3,(H,24,25). The lowest BCUT2D eigenvalue weighted by molar-refractivity contribution is -0.118. The Morgan fingerprint density at radius 3 is 2.55 bits per heavy atom. The molecule has 0 unspecified atom stereocenters. The van der Waals surface area contributed by atoms with Crippen molar-refractivity contribution in [2.45, 2.75) is 6.92 Å². The third kappa shape index (κ3) is 5.29. The van der Waals surface area contributed by atoms with Crippen molar-refractivity contribution < 1.29 is 19.1 Å². The van der Waals surface area contributed by atoms with Gasteiger partial charge in [-0.25, -0.2) is 4.79 Å². The fourth-order valence-corrected chi connectivity index (χ4v) is 4.02. The molecule has 2 aromatic carbocycles. The van der Waals surface area contributed by atoms with Gasteiger partial charge in [0.1, 0.15) is 16.3 Å². The van der Waals surface area contributed by atoms with Crippen molar-refractivity contribution >= 4 is 51.4 Å². The molecule has 0 aliphatic rings. The van der Waals surface area contributed by atoms with Gasteiger partial charge in [-0.15, -0.1) is 11.3 Å². The van der Waals surface area contributed by atoms with E-state index in [4.69, 9.17) is 32.7 Å². The molecule has 29 heavy (non-hydrogen) atoms. The molecule has 1 amide bonds. The Bertz CT molecular complexity index is 1020. The minimum Gasteiger partial charge on any atom is -0.482 e. The molecule has 0 fully saturated rings. The first kappa shape index (κ1) is 21.2. The lowest BCUT2D eigenvalue weighted by atomic mass is 10.0. The van der Waals surface area contributed by atoms with Crippen LogP contribution in [0.15, 0.2) is 53.9 Å².